The van der Waals surface area contributed by atoms with Gasteiger partial charge in [-0.25, -0.2) is 14.0 Å². The van der Waals surface area contributed by atoms with Gasteiger partial charge in [0.05, 0.1) is 21.6 Å². The minimum absolute atomic E-state index is 0.0593. The normalized spacial score (nSPS) is 19.7. The molecule has 2 fully saturated rings. The van der Waals surface area contributed by atoms with E-state index in [9.17, 15) is 14.4 Å². The standard InChI is InChI=1S/C28H32ClFN4O4/c1-27(2,3)38-26(37)31-15-28(14-17-7-5-4-6-8-17)11-12-33(16-28)23-20(30)13-19-22(21(23)29)34(18-9-10-18)25(36)32-24(19)35/h4-8,13,18H,9-12,14-16H2,1-3H3,(H,31,37)(H,32,35,36). The van der Waals surface area contributed by atoms with Crippen molar-refractivity contribution in [2.75, 3.05) is 24.5 Å². The van der Waals surface area contributed by atoms with Crippen molar-refractivity contribution in [1.29, 1.82) is 0 Å². The molecule has 2 N–H and O–H groups in total. The molecule has 1 aromatic heterocycles. The number of ether oxygens (including phenoxy) is 1. The summed E-state index contributed by atoms with van der Waals surface area (Å²) < 4.78 is 22.5. The number of rotatable bonds is 6. The molecule has 1 unspecified atom stereocenters. The molecule has 0 bridgehead atoms. The van der Waals surface area contributed by atoms with Crippen molar-refractivity contribution in [3.63, 3.8) is 0 Å². The van der Waals surface area contributed by atoms with Gasteiger partial charge >= 0.3 is 11.8 Å². The molecule has 10 heteroatoms. The third-order valence-corrected chi connectivity index (χ3v) is 7.55. The lowest BCUT2D eigenvalue weighted by molar-refractivity contribution is 0.0503. The van der Waals surface area contributed by atoms with Gasteiger partial charge in [0.2, 0.25) is 0 Å². The highest BCUT2D eigenvalue weighted by molar-refractivity contribution is 6.38. The third kappa shape index (κ3) is 5.29. The Labute approximate surface area is 224 Å². The molecule has 1 saturated heterocycles. The fraction of sp³-hybridized carbons (Fsp3) is 0.464. The molecule has 1 saturated carbocycles. The molecule has 3 aromatic rings. The van der Waals surface area contributed by atoms with Gasteiger partial charge in [-0.15, -0.1) is 0 Å². The van der Waals surface area contributed by atoms with Crippen LogP contribution in [0.4, 0.5) is 14.9 Å². The number of benzene rings is 2. The van der Waals surface area contributed by atoms with Crippen LogP contribution in [0.2, 0.25) is 5.02 Å². The average Bonchev–Trinajstić information content (AvgIpc) is 3.59. The molecule has 202 valence electrons. The van der Waals surface area contributed by atoms with Crippen LogP contribution < -0.4 is 21.5 Å². The molecule has 1 aliphatic heterocycles. The number of hydrogen-bond acceptors (Lipinski definition) is 5. The van der Waals surface area contributed by atoms with Gasteiger partial charge in [0.1, 0.15) is 11.4 Å². The van der Waals surface area contributed by atoms with Gasteiger partial charge in [-0.1, -0.05) is 41.9 Å². The van der Waals surface area contributed by atoms with Crippen molar-refractivity contribution in [2.24, 2.45) is 5.41 Å². The van der Waals surface area contributed by atoms with E-state index in [1.807, 2.05) is 35.2 Å². The zero-order chi connectivity index (χ0) is 27.2. The molecule has 2 heterocycles. The van der Waals surface area contributed by atoms with E-state index in [4.69, 9.17) is 16.3 Å². The SMILES string of the molecule is CC(C)(C)OC(=O)NCC1(Cc2ccccc2)CCN(c2c(F)cc3c(=O)[nH]c(=O)n(C4CC4)c3c2Cl)C1. The number of fused-ring (bicyclic) bond motifs is 1. The number of anilines is 1. The van der Waals surface area contributed by atoms with E-state index in [1.165, 1.54) is 10.6 Å². The minimum Gasteiger partial charge on any atom is -0.444 e. The first-order valence-corrected chi connectivity index (χ1v) is 13.3. The molecule has 2 aliphatic rings. The molecule has 8 nitrogen and oxygen atoms in total. The number of carbonyl (C=O) groups is 1. The van der Waals surface area contributed by atoms with Crippen molar-refractivity contribution in [3.8, 4) is 0 Å². The average molecular weight is 543 g/mol. The summed E-state index contributed by atoms with van der Waals surface area (Å²) in [5, 5.41) is 3.04. The van der Waals surface area contributed by atoms with Crippen LogP contribution in [-0.4, -0.2) is 40.9 Å². The predicted octanol–water partition coefficient (Wildman–Crippen LogP) is 4.78. The van der Waals surface area contributed by atoms with Crippen LogP contribution in [0, 0.1) is 11.2 Å². The van der Waals surface area contributed by atoms with Gasteiger partial charge in [-0.3, -0.25) is 14.3 Å². The molecule has 1 amide bonds. The number of nitrogens with zero attached hydrogens (tertiary/aromatic N) is 2. The summed E-state index contributed by atoms with van der Waals surface area (Å²) >= 11 is 6.82. The fourth-order valence-electron chi connectivity index (χ4n) is 5.38. The van der Waals surface area contributed by atoms with Crippen molar-refractivity contribution in [2.45, 2.75) is 58.1 Å². The molecule has 1 aliphatic carbocycles. The van der Waals surface area contributed by atoms with Crippen molar-refractivity contribution < 1.29 is 13.9 Å². The molecule has 0 radical (unpaired) electrons. The highest BCUT2D eigenvalue weighted by Crippen LogP contribution is 2.44. The summed E-state index contributed by atoms with van der Waals surface area (Å²) in [6.07, 6.45) is 2.40. The van der Waals surface area contributed by atoms with Crippen LogP contribution in [0.1, 0.15) is 51.6 Å². The molecular formula is C28H32ClFN4O4. The monoisotopic (exact) mass is 542 g/mol. The summed E-state index contributed by atoms with van der Waals surface area (Å²) in [4.78, 5) is 41.8. The minimum atomic E-state index is -0.657. The Bertz CT molecular complexity index is 1490. The van der Waals surface area contributed by atoms with Crippen molar-refractivity contribution >= 4 is 34.3 Å². The number of aromatic nitrogens is 2. The van der Waals surface area contributed by atoms with Crippen LogP contribution in [0.5, 0.6) is 0 Å². The molecule has 1 atom stereocenters. The van der Waals surface area contributed by atoms with Crippen LogP contribution in [0.25, 0.3) is 10.9 Å². The van der Waals surface area contributed by atoms with Crippen molar-refractivity contribution in [1.82, 2.24) is 14.9 Å². The molecule has 0 spiro atoms. The summed E-state index contributed by atoms with van der Waals surface area (Å²) in [5.41, 5.74) is -0.707. The van der Waals surface area contributed by atoms with Gasteiger partial charge in [-0.05, 0) is 58.1 Å². The Balaban J connectivity index is 1.51. The Kier molecular flexibility index (Phi) is 6.75. The van der Waals surface area contributed by atoms with Gasteiger partial charge in [0, 0.05) is 31.1 Å². The Morgan fingerprint density at radius 3 is 2.61 bits per heavy atom. The zero-order valence-corrected chi connectivity index (χ0v) is 22.5. The third-order valence-electron chi connectivity index (χ3n) is 7.19. The number of alkyl carbamates (subject to hydrolysis) is 1. The largest absolute Gasteiger partial charge is 0.444 e. The zero-order valence-electron chi connectivity index (χ0n) is 21.8. The quantitative estimate of drug-likeness (QED) is 0.467. The Hall–Kier alpha value is -3.33. The highest BCUT2D eigenvalue weighted by atomic mass is 35.5. The second-order valence-electron chi connectivity index (χ2n) is 11.5. The number of amides is 1. The van der Waals surface area contributed by atoms with Crippen LogP contribution in [-0.2, 0) is 11.2 Å². The van der Waals surface area contributed by atoms with E-state index in [0.29, 0.717) is 32.5 Å². The second kappa shape index (κ2) is 9.76. The van der Waals surface area contributed by atoms with Crippen molar-refractivity contribution in [3.05, 3.63) is 73.6 Å². The first-order valence-electron chi connectivity index (χ1n) is 12.9. The Morgan fingerprint density at radius 1 is 1.24 bits per heavy atom. The number of hydrogen-bond donors (Lipinski definition) is 2. The molecule has 2 aromatic carbocycles. The maximum absolute atomic E-state index is 15.6. The number of carbonyl (C=O) groups excluding carboxylic acids is 1. The van der Waals surface area contributed by atoms with E-state index < -0.39 is 34.2 Å². The van der Waals surface area contributed by atoms with Crippen LogP contribution in [0.15, 0.2) is 46.0 Å². The number of H-pyrrole nitrogens is 1. The van der Waals surface area contributed by atoms with E-state index in [0.717, 1.165) is 18.4 Å². The summed E-state index contributed by atoms with van der Waals surface area (Å²) in [7, 11) is 0. The lowest BCUT2D eigenvalue weighted by Crippen LogP contribution is -2.43. The summed E-state index contributed by atoms with van der Waals surface area (Å²) in [6, 6.07) is 11.0. The van der Waals surface area contributed by atoms with E-state index >= 15 is 4.39 Å². The maximum Gasteiger partial charge on any atom is 0.407 e. The smallest absolute Gasteiger partial charge is 0.407 e. The molecule has 38 heavy (non-hydrogen) atoms. The van der Waals surface area contributed by atoms with E-state index in [1.54, 1.807) is 20.8 Å². The maximum atomic E-state index is 15.6. The van der Waals surface area contributed by atoms with Gasteiger partial charge in [-0.2, -0.15) is 0 Å². The van der Waals surface area contributed by atoms with Gasteiger partial charge in [0.25, 0.3) is 5.56 Å². The summed E-state index contributed by atoms with van der Waals surface area (Å²) in [5.74, 6) is -0.621. The number of halogens is 2. The van der Waals surface area contributed by atoms with Crippen LogP contribution >= 0.6 is 11.6 Å². The highest BCUT2D eigenvalue weighted by Gasteiger charge is 2.41. The fourth-order valence-corrected chi connectivity index (χ4v) is 5.79. The van der Waals surface area contributed by atoms with Gasteiger partial charge in [0.15, 0.2) is 0 Å². The number of aromatic amines is 1. The van der Waals surface area contributed by atoms with Crippen LogP contribution in [0.3, 0.4) is 0 Å². The lowest BCUT2D eigenvalue weighted by atomic mass is 9.80. The molecular weight excluding hydrogens is 511 g/mol. The second-order valence-corrected chi connectivity index (χ2v) is 11.8. The number of nitrogens with one attached hydrogen (secondary N) is 2. The summed E-state index contributed by atoms with van der Waals surface area (Å²) in [6.45, 7) is 6.65. The van der Waals surface area contributed by atoms with E-state index in [2.05, 4.69) is 10.3 Å². The first-order chi connectivity index (χ1) is 18.0. The topological polar surface area (TPSA) is 96.4 Å². The predicted molar refractivity (Wildman–Crippen MR) is 146 cm³/mol. The van der Waals surface area contributed by atoms with Gasteiger partial charge < -0.3 is 15.0 Å². The Morgan fingerprint density at radius 2 is 1.95 bits per heavy atom. The first kappa shape index (κ1) is 26.3. The molecule has 5 rings (SSSR count). The lowest BCUT2D eigenvalue weighted by Gasteiger charge is -2.31. The van der Waals surface area contributed by atoms with E-state index in [-0.39, 0.29) is 27.7 Å².